The summed E-state index contributed by atoms with van der Waals surface area (Å²) >= 11 is 0. The lowest BCUT2D eigenvalue weighted by Gasteiger charge is -2.41. The summed E-state index contributed by atoms with van der Waals surface area (Å²) in [7, 11) is 1.55. The molecule has 2 fully saturated rings. The first-order valence-corrected chi connectivity index (χ1v) is 9.09. The number of ether oxygens (including phenoxy) is 2. The first-order chi connectivity index (χ1) is 12.2. The van der Waals surface area contributed by atoms with Crippen molar-refractivity contribution in [2.75, 3.05) is 39.9 Å². The van der Waals surface area contributed by atoms with Gasteiger partial charge in [-0.1, -0.05) is 12.1 Å². The average Bonchev–Trinajstić information content (AvgIpc) is 2.65. The van der Waals surface area contributed by atoms with Crippen molar-refractivity contribution in [3.63, 3.8) is 0 Å². The Morgan fingerprint density at radius 2 is 1.80 bits per heavy atom. The van der Waals surface area contributed by atoms with Crippen LogP contribution in [0.4, 0.5) is 4.39 Å². The number of rotatable bonds is 5. The maximum atomic E-state index is 13.7. The van der Waals surface area contributed by atoms with E-state index in [1.807, 2.05) is 4.90 Å². The third-order valence-electron chi connectivity index (χ3n) is 5.21. The molecule has 0 spiro atoms. The molecule has 2 aliphatic heterocycles. The number of piperidine rings is 2. The summed E-state index contributed by atoms with van der Waals surface area (Å²) in [6, 6.07) is 7.12. The standard InChI is InChI=1S/C19H27FN2O3/c1-24-14-19(23)22-10-6-15(7-11-22)21-12-8-16(9-13-21)25-18-5-3-2-4-17(18)20/h2-5,15-16H,6-14H2,1H3. The molecule has 1 amide bonds. The van der Waals surface area contributed by atoms with Crippen LogP contribution in [0.1, 0.15) is 25.7 Å². The van der Waals surface area contributed by atoms with Gasteiger partial charge in [0.1, 0.15) is 12.7 Å². The summed E-state index contributed by atoms with van der Waals surface area (Å²) in [5.41, 5.74) is 0. The minimum absolute atomic E-state index is 0.0801. The fourth-order valence-electron chi connectivity index (χ4n) is 3.77. The number of benzene rings is 1. The molecule has 1 aromatic carbocycles. The number of carbonyl (C=O) groups is 1. The zero-order valence-corrected chi connectivity index (χ0v) is 14.8. The minimum atomic E-state index is -0.293. The van der Waals surface area contributed by atoms with Gasteiger partial charge in [0.2, 0.25) is 5.91 Å². The summed E-state index contributed by atoms with van der Waals surface area (Å²) in [5, 5.41) is 0. The smallest absolute Gasteiger partial charge is 0.248 e. The van der Waals surface area contributed by atoms with Gasteiger partial charge in [-0.05, 0) is 37.8 Å². The maximum Gasteiger partial charge on any atom is 0.248 e. The number of hydrogen-bond donors (Lipinski definition) is 0. The zero-order chi connectivity index (χ0) is 17.6. The van der Waals surface area contributed by atoms with Crippen LogP contribution in [0.15, 0.2) is 24.3 Å². The highest BCUT2D eigenvalue weighted by Gasteiger charge is 2.30. The third kappa shape index (κ3) is 4.70. The van der Waals surface area contributed by atoms with Crippen molar-refractivity contribution in [3.05, 3.63) is 30.1 Å². The van der Waals surface area contributed by atoms with Gasteiger partial charge in [0.25, 0.3) is 0 Å². The van der Waals surface area contributed by atoms with E-state index in [9.17, 15) is 9.18 Å². The number of methoxy groups -OCH3 is 1. The van der Waals surface area contributed by atoms with Crippen LogP contribution in [0.3, 0.4) is 0 Å². The molecule has 0 aliphatic carbocycles. The highest BCUT2D eigenvalue weighted by molar-refractivity contribution is 5.77. The molecule has 3 rings (SSSR count). The highest BCUT2D eigenvalue weighted by atomic mass is 19.1. The Morgan fingerprint density at radius 1 is 1.12 bits per heavy atom. The van der Waals surface area contributed by atoms with Crippen molar-refractivity contribution in [1.82, 2.24) is 9.80 Å². The van der Waals surface area contributed by atoms with Crippen molar-refractivity contribution >= 4 is 5.91 Å². The van der Waals surface area contributed by atoms with Gasteiger partial charge in [0.15, 0.2) is 11.6 Å². The number of likely N-dealkylation sites (tertiary alicyclic amines) is 2. The van der Waals surface area contributed by atoms with Crippen LogP contribution < -0.4 is 4.74 Å². The predicted octanol–water partition coefficient (Wildman–Crippen LogP) is 2.31. The van der Waals surface area contributed by atoms with E-state index in [4.69, 9.17) is 9.47 Å². The summed E-state index contributed by atoms with van der Waals surface area (Å²) in [4.78, 5) is 16.3. The van der Waals surface area contributed by atoms with Crippen molar-refractivity contribution in [1.29, 1.82) is 0 Å². The molecule has 2 saturated heterocycles. The van der Waals surface area contributed by atoms with E-state index >= 15 is 0 Å². The molecule has 0 N–H and O–H groups in total. The molecule has 0 atom stereocenters. The Morgan fingerprint density at radius 3 is 2.44 bits per heavy atom. The van der Waals surface area contributed by atoms with E-state index in [0.29, 0.717) is 11.8 Å². The largest absolute Gasteiger partial charge is 0.487 e. The van der Waals surface area contributed by atoms with Gasteiger partial charge in [0.05, 0.1) is 0 Å². The second kappa shape index (κ2) is 8.63. The summed E-state index contributed by atoms with van der Waals surface area (Å²) < 4.78 is 24.4. The van der Waals surface area contributed by atoms with Crippen LogP contribution in [0.2, 0.25) is 0 Å². The summed E-state index contributed by atoms with van der Waals surface area (Å²) in [5.74, 6) is 0.141. The van der Waals surface area contributed by atoms with E-state index < -0.39 is 0 Å². The second-order valence-electron chi connectivity index (χ2n) is 6.83. The number of para-hydroxylation sites is 1. The number of hydrogen-bond acceptors (Lipinski definition) is 4. The Hall–Kier alpha value is -1.66. The fraction of sp³-hybridized carbons (Fsp3) is 0.632. The predicted molar refractivity (Wildman–Crippen MR) is 93.1 cm³/mol. The SMILES string of the molecule is COCC(=O)N1CCC(N2CCC(Oc3ccccc3F)CC2)CC1. The molecule has 2 aliphatic rings. The van der Waals surface area contributed by atoms with Crippen LogP contribution in [0.25, 0.3) is 0 Å². The molecule has 25 heavy (non-hydrogen) atoms. The fourth-order valence-corrected chi connectivity index (χ4v) is 3.77. The molecule has 0 saturated carbocycles. The maximum absolute atomic E-state index is 13.7. The lowest BCUT2D eigenvalue weighted by Crippen LogP contribution is -2.50. The van der Waals surface area contributed by atoms with Crippen LogP contribution in [0.5, 0.6) is 5.75 Å². The van der Waals surface area contributed by atoms with Crippen LogP contribution in [-0.2, 0) is 9.53 Å². The Balaban J connectivity index is 1.42. The first-order valence-electron chi connectivity index (χ1n) is 9.09. The number of halogens is 1. The summed E-state index contributed by atoms with van der Waals surface area (Å²) in [6.07, 6.45) is 3.92. The Kier molecular flexibility index (Phi) is 6.26. The quantitative estimate of drug-likeness (QED) is 0.817. The number of carbonyl (C=O) groups excluding carboxylic acids is 1. The average molecular weight is 350 g/mol. The Labute approximate surface area is 148 Å². The lowest BCUT2D eigenvalue weighted by atomic mass is 9.99. The van der Waals surface area contributed by atoms with Gasteiger partial charge < -0.3 is 14.4 Å². The van der Waals surface area contributed by atoms with Gasteiger partial charge in [-0.15, -0.1) is 0 Å². The first kappa shape index (κ1) is 18.1. The van der Waals surface area contributed by atoms with Gasteiger partial charge in [-0.2, -0.15) is 0 Å². The topological polar surface area (TPSA) is 42.0 Å². The second-order valence-corrected chi connectivity index (χ2v) is 6.83. The molecular formula is C19H27FN2O3. The van der Waals surface area contributed by atoms with Crippen molar-refractivity contribution < 1.29 is 18.7 Å². The highest BCUT2D eigenvalue weighted by Crippen LogP contribution is 2.25. The molecule has 0 unspecified atom stereocenters. The molecule has 1 aromatic rings. The lowest BCUT2D eigenvalue weighted by molar-refractivity contribution is -0.136. The van der Waals surface area contributed by atoms with E-state index in [0.717, 1.165) is 51.9 Å². The zero-order valence-electron chi connectivity index (χ0n) is 14.8. The van der Waals surface area contributed by atoms with Crippen LogP contribution >= 0.6 is 0 Å². The molecule has 2 heterocycles. The van der Waals surface area contributed by atoms with E-state index in [2.05, 4.69) is 4.90 Å². The molecule has 0 aromatic heterocycles. The Bertz CT molecular complexity index is 568. The molecular weight excluding hydrogens is 323 g/mol. The molecule has 5 nitrogen and oxygen atoms in total. The van der Waals surface area contributed by atoms with Crippen LogP contribution in [0, 0.1) is 5.82 Å². The van der Waals surface area contributed by atoms with Crippen molar-refractivity contribution in [3.8, 4) is 5.75 Å². The van der Waals surface area contributed by atoms with Gasteiger partial charge in [-0.3, -0.25) is 9.69 Å². The van der Waals surface area contributed by atoms with Crippen molar-refractivity contribution in [2.24, 2.45) is 0 Å². The monoisotopic (exact) mass is 350 g/mol. The molecule has 138 valence electrons. The minimum Gasteiger partial charge on any atom is -0.487 e. The van der Waals surface area contributed by atoms with Gasteiger partial charge in [-0.25, -0.2) is 4.39 Å². The molecule has 0 radical (unpaired) electrons. The number of nitrogens with zero attached hydrogens (tertiary/aromatic N) is 2. The van der Waals surface area contributed by atoms with Gasteiger partial charge >= 0.3 is 0 Å². The third-order valence-corrected chi connectivity index (χ3v) is 5.21. The summed E-state index contributed by atoms with van der Waals surface area (Å²) in [6.45, 7) is 3.71. The van der Waals surface area contributed by atoms with E-state index in [1.165, 1.54) is 6.07 Å². The van der Waals surface area contributed by atoms with E-state index in [-0.39, 0.29) is 24.4 Å². The normalized spacial score (nSPS) is 20.6. The molecule has 6 heteroatoms. The number of amides is 1. The van der Waals surface area contributed by atoms with Crippen LogP contribution in [-0.4, -0.2) is 67.7 Å². The van der Waals surface area contributed by atoms with E-state index in [1.54, 1.807) is 25.3 Å². The van der Waals surface area contributed by atoms with Gasteiger partial charge in [0, 0.05) is 39.3 Å². The molecule has 0 bridgehead atoms. The van der Waals surface area contributed by atoms with Crippen molar-refractivity contribution in [2.45, 2.75) is 37.8 Å².